The van der Waals surface area contributed by atoms with Crippen molar-refractivity contribution >= 4 is 11.8 Å². The minimum absolute atomic E-state index is 0.210. The second-order valence-corrected chi connectivity index (χ2v) is 3.82. The van der Waals surface area contributed by atoms with Crippen LogP contribution in [0.2, 0.25) is 0 Å². The van der Waals surface area contributed by atoms with Crippen LogP contribution in [-0.2, 0) is 0 Å². The molecule has 2 amide bonds. The largest absolute Gasteiger partial charge is 0.361 e. The topological polar surface area (TPSA) is 97.1 Å². The summed E-state index contributed by atoms with van der Waals surface area (Å²) < 4.78 is 4.87. The Morgan fingerprint density at radius 1 is 1.16 bits per heavy atom. The molecule has 0 unspecified atom stereocenters. The highest BCUT2D eigenvalue weighted by Gasteiger charge is 2.18. The fourth-order valence-electron chi connectivity index (χ4n) is 1.54. The van der Waals surface area contributed by atoms with Crippen LogP contribution in [0.5, 0.6) is 0 Å². The predicted molar refractivity (Wildman–Crippen MR) is 65.1 cm³/mol. The average Bonchev–Trinajstić information content (AvgIpc) is 2.76. The van der Waals surface area contributed by atoms with Gasteiger partial charge in [-0.3, -0.25) is 25.4 Å². The van der Waals surface area contributed by atoms with Gasteiger partial charge in [0.25, 0.3) is 11.8 Å². The molecule has 0 aromatic carbocycles. The maximum atomic E-state index is 11.8. The predicted octanol–water partition coefficient (Wildman–Crippen LogP) is 0.761. The summed E-state index contributed by atoms with van der Waals surface area (Å²) in [6.07, 6.45) is 1.49. The molecule has 0 aliphatic carbocycles. The third-order valence-electron chi connectivity index (χ3n) is 2.45. The van der Waals surface area contributed by atoms with Crippen LogP contribution in [0.1, 0.15) is 32.3 Å². The summed E-state index contributed by atoms with van der Waals surface area (Å²) in [7, 11) is 0. The van der Waals surface area contributed by atoms with Crippen molar-refractivity contribution in [3.63, 3.8) is 0 Å². The number of carbonyl (C=O) groups is 2. The van der Waals surface area contributed by atoms with Gasteiger partial charge >= 0.3 is 0 Å². The van der Waals surface area contributed by atoms with Crippen LogP contribution in [0.25, 0.3) is 0 Å². The number of hydrogen-bond donors (Lipinski definition) is 2. The summed E-state index contributed by atoms with van der Waals surface area (Å²) >= 11 is 0. The summed E-state index contributed by atoms with van der Waals surface area (Å²) in [5.74, 6) is -0.594. The van der Waals surface area contributed by atoms with Gasteiger partial charge in [-0.1, -0.05) is 11.2 Å². The van der Waals surface area contributed by atoms with Gasteiger partial charge in [-0.05, 0) is 26.0 Å². The van der Waals surface area contributed by atoms with Gasteiger partial charge in [0.2, 0.25) is 0 Å². The molecule has 98 valence electrons. The number of aryl methyl sites for hydroxylation is 2. The molecule has 2 rings (SSSR count). The number of pyridine rings is 1. The Hall–Kier alpha value is -2.70. The van der Waals surface area contributed by atoms with Crippen LogP contribution in [0.4, 0.5) is 0 Å². The van der Waals surface area contributed by atoms with Gasteiger partial charge in [0.1, 0.15) is 17.0 Å². The Labute approximate surface area is 109 Å². The molecule has 7 nitrogen and oxygen atoms in total. The van der Waals surface area contributed by atoms with Gasteiger partial charge in [-0.2, -0.15) is 0 Å². The number of carbonyl (C=O) groups excluding carboxylic acids is 2. The van der Waals surface area contributed by atoms with E-state index in [1.54, 1.807) is 26.0 Å². The highest BCUT2D eigenvalue weighted by molar-refractivity contribution is 5.99. The lowest BCUT2D eigenvalue weighted by Gasteiger charge is -2.06. The molecule has 0 fully saturated rings. The number of rotatable bonds is 2. The van der Waals surface area contributed by atoms with Crippen LogP contribution in [0.15, 0.2) is 28.9 Å². The van der Waals surface area contributed by atoms with E-state index in [4.69, 9.17) is 4.52 Å². The van der Waals surface area contributed by atoms with E-state index in [1.165, 1.54) is 12.3 Å². The standard InChI is InChI=1S/C12H12N4O3/c1-7-10(8(2)19-16-7)12(18)15-14-11(17)9-5-3-4-6-13-9/h3-6H,1-2H3,(H,14,17)(H,15,18). The van der Waals surface area contributed by atoms with Crippen LogP contribution >= 0.6 is 0 Å². The first-order chi connectivity index (χ1) is 9.09. The van der Waals surface area contributed by atoms with Crippen molar-refractivity contribution in [2.75, 3.05) is 0 Å². The smallest absolute Gasteiger partial charge is 0.288 e. The molecule has 19 heavy (non-hydrogen) atoms. The quantitative estimate of drug-likeness (QED) is 0.777. The summed E-state index contributed by atoms with van der Waals surface area (Å²) in [6, 6.07) is 4.91. The highest BCUT2D eigenvalue weighted by atomic mass is 16.5. The second-order valence-electron chi connectivity index (χ2n) is 3.82. The van der Waals surface area contributed by atoms with Crippen LogP contribution in [0.3, 0.4) is 0 Å². The molecular formula is C12H12N4O3. The molecule has 2 aromatic heterocycles. The van der Waals surface area contributed by atoms with Crippen molar-refractivity contribution in [1.82, 2.24) is 21.0 Å². The first-order valence-corrected chi connectivity index (χ1v) is 5.54. The summed E-state index contributed by atoms with van der Waals surface area (Å²) in [5.41, 5.74) is 5.53. The maximum absolute atomic E-state index is 11.8. The minimum atomic E-state index is -0.499. The Morgan fingerprint density at radius 2 is 1.89 bits per heavy atom. The van der Waals surface area contributed by atoms with Gasteiger partial charge in [0.15, 0.2) is 0 Å². The highest BCUT2D eigenvalue weighted by Crippen LogP contribution is 2.11. The molecule has 0 saturated heterocycles. The molecule has 0 spiro atoms. The van der Waals surface area contributed by atoms with Gasteiger partial charge in [0, 0.05) is 6.20 Å². The van der Waals surface area contributed by atoms with Crippen molar-refractivity contribution in [2.24, 2.45) is 0 Å². The molecule has 0 atom stereocenters. The molecule has 0 aliphatic rings. The van der Waals surface area contributed by atoms with Crippen molar-refractivity contribution in [1.29, 1.82) is 0 Å². The Morgan fingerprint density at radius 3 is 2.47 bits per heavy atom. The van der Waals surface area contributed by atoms with Gasteiger partial charge in [-0.15, -0.1) is 0 Å². The molecule has 7 heteroatoms. The van der Waals surface area contributed by atoms with Crippen LogP contribution in [-0.4, -0.2) is 22.0 Å². The third kappa shape index (κ3) is 2.76. The maximum Gasteiger partial charge on any atom is 0.288 e. The zero-order valence-corrected chi connectivity index (χ0v) is 10.4. The minimum Gasteiger partial charge on any atom is -0.361 e. The van der Waals surface area contributed by atoms with Gasteiger partial charge in [0.05, 0.1) is 5.69 Å². The first kappa shape index (κ1) is 12.7. The number of aromatic nitrogens is 2. The van der Waals surface area contributed by atoms with Crippen molar-refractivity contribution in [2.45, 2.75) is 13.8 Å². The lowest BCUT2D eigenvalue weighted by molar-refractivity contribution is 0.0842. The molecule has 0 aliphatic heterocycles. The van der Waals surface area contributed by atoms with Crippen molar-refractivity contribution in [3.8, 4) is 0 Å². The molecule has 2 heterocycles. The van der Waals surface area contributed by atoms with E-state index >= 15 is 0 Å². The fourth-order valence-corrected chi connectivity index (χ4v) is 1.54. The Bertz CT molecular complexity index is 587. The van der Waals surface area contributed by atoms with E-state index in [0.717, 1.165) is 0 Å². The molecule has 0 saturated carbocycles. The summed E-state index contributed by atoms with van der Waals surface area (Å²) in [6.45, 7) is 3.27. The van der Waals surface area contributed by atoms with E-state index in [9.17, 15) is 9.59 Å². The van der Waals surface area contributed by atoms with E-state index in [2.05, 4.69) is 21.0 Å². The zero-order valence-electron chi connectivity index (χ0n) is 10.4. The van der Waals surface area contributed by atoms with E-state index < -0.39 is 11.8 Å². The molecule has 2 N–H and O–H groups in total. The lowest BCUT2D eigenvalue weighted by atomic mass is 10.2. The molecule has 2 aromatic rings. The second kappa shape index (κ2) is 5.30. The van der Waals surface area contributed by atoms with Crippen LogP contribution < -0.4 is 10.9 Å². The molecular weight excluding hydrogens is 248 g/mol. The van der Waals surface area contributed by atoms with E-state index in [0.29, 0.717) is 17.0 Å². The molecule has 0 bridgehead atoms. The lowest BCUT2D eigenvalue weighted by Crippen LogP contribution is -2.42. The zero-order chi connectivity index (χ0) is 13.8. The summed E-state index contributed by atoms with van der Waals surface area (Å²) in [5, 5.41) is 3.66. The average molecular weight is 260 g/mol. The Kier molecular flexibility index (Phi) is 3.56. The van der Waals surface area contributed by atoms with E-state index in [-0.39, 0.29) is 5.69 Å². The summed E-state index contributed by atoms with van der Waals surface area (Å²) in [4.78, 5) is 27.4. The SMILES string of the molecule is Cc1noc(C)c1C(=O)NNC(=O)c1ccccn1. The first-order valence-electron chi connectivity index (χ1n) is 5.54. The number of amides is 2. The van der Waals surface area contributed by atoms with Gasteiger partial charge < -0.3 is 4.52 Å². The van der Waals surface area contributed by atoms with Gasteiger partial charge in [-0.25, -0.2) is 0 Å². The monoisotopic (exact) mass is 260 g/mol. The van der Waals surface area contributed by atoms with Crippen molar-refractivity contribution < 1.29 is 14.1 Å². The number of nitrogens with zero attached hydrogens (tertiary/aromatic N) is 2. The van der Waals surface area contributed by atoms with E-state index in [1.807, 2.05) is 0 Å². The fraction of sp³-hybridized carbons (Fsp3) is 0.167. The third-order valence-corrected chi connectivity index (χ3v) is 2.45. The number of nitrogens with one attached hydrogen (secondary N) is 2. The molecule has 0 radical (unpaired) electrons. The Balaban J connectivity index is 2.00. The number of hydrazine groups is 1. The van der Waals surface area contributed by atoms with Crippen molar-refractivity contribution in [3.05, 3.63) is 47.1 Å². The van der Waals surface area contributed by atoms with Crippen LogP contribution in [0, 0.1) is 13.8 Å². The number of hydrogen-bond acceptors (Lipinski definition) is 5. The normalized spacial score (nSPS) is 10.0.